The van der Waals surface area contributed by atoms with Crippen LogP contribution >= 0.6 is 0 Å². The summed E-state index contributed by atoms with van der Waals surface area (Å²) in [6.07, 6.45) is 1.99. The fourth-order valence-corrected chi connectivity index (χ4v) is 3.18. The lowest BCUT2D eigenvalue weighted by molar-refractivity contribution is 0.0530. The molecule has 22 heavy (non-hydrogen) atoms. The van der Waals surface area contributed by atoms with E-state index < -0.39 is 0 Å². The molecule has 1 fully saturated rings. The van der Waals surface area contributed by atoms with E-state index in [0.717, 1.165) is 31.8 Å². The summed E-state index contributed by atoms with van der Waals surface area (Å²) in [6.45, 7) is 2.26. The maximum Gasteiger partial charge on any atom is 0.118 e. The lowest BCUT2D eigenvalue weighted by Gasteiger charge is -2.37. The number of rotatable bonds is 4. The van der Waals surface area contributed by atoms with Crippen molar-refractivity contribution in [3.05, 3.63) is 54.1 Å². The molecule has 1 saturated heterocycles. The predicted molar refractivity (Wildman–Crippen MR) is 89.2 cm³/mol. The Hall–Kier alpha value is -1.84. The Morgan fingerprint density at radius 1 is 1.05 bits per heavy atom. The Morgan fingerprint density at radius 3 is 2.41 bits per heavy atom. The first kappa shape index (κ1) is 15.1. The van der Waals surface area contributed by atoms with Crippen molar-refractivity contribution in [1.82, 2.24) is 0 Å². The maximum absolute atomic E-state index is 6.12. The van der Waals surface area contributed by atoms with Gasteiger partial charge in [0, 0.05) is 25.2 Å². The molecule has 0 aromatic heterocycles. The van der Waals surface area contributed by atoms with Gasteiger partial charge in [0.15, 0.2) is 0 Å². The zero-order chi connectivity index (χ0) is 15.4. The van der Waals surface area contributed by atoms with E-state index in [4.69, 9.17) is 15.2 Å². The van der Waals surface area contributed by atoms with E-state index in [-0.39, 0.29) is 5.41 Å². The Bertz CT molecular complexity index is 616. The Morgan fingerprint density at radius 2 is 1.77 bits per heavy atom. The summed E-state index contributed by atoms with van der Waals surface area (Å²) in [5, 5.41) is 0. The van der Waals surface area contributed by atoms with Gasteiger partial charge >= 0.3 is 0 Å². The molecule has 2 aromatic rings. The monoisotopic (exact) mass is 297 g/mol. The summed E-state index contributed by atoms with van der Waals surface area (Å²) >= 11 is 0. The largest absolute Gasteiger partial charge is 0.497 e. The van der Waals surface area contributed by atoms with Crippen molar-refractivity contribution in [3.8, 4) is 16.9 Å². The highest BCUT2D eigenvalue weighted by Crippen LogP contribution is 2.35. The topological polar surface area (TPSA) is 44.5 Å². The second kappa shape index (κ2) is 6.51. The second-order valence-corrected chi connectivity index (χ2v) is 5.91. The number of methoxy groups -OCH3 is 1. The third kappa shape index (κ3) is 2.87. The fraction of sp³-hybridized carbons (Fsp3) is 0.368. The van der Waals surface area contributed by atoms with Gasteiger partial charge in [-0.25, -0.2) is 0 Å². The van der Waals surface area contributed by atoms with Gasteiger partial charge in [-0.15, -0.1) is 0 Å². The third-order valence-corrected chi connectivity index (χ3v) is 4.74. The molecule has 0 bridgehead atoms. The van der Waals surface area contributed by atoms with Crippen LogP contribution in [-0.2, 0) is 10.2 Å². The van der Waals surface area contributed by atoms with Crippen molar-refractivity contribution in [2.45, 2.75) is 18.3 Å². The molecule has 0 unspecified atom stereocenters. The highest BCUT2D eigenvalue weighted by Gasteiger charge is 2.33. The predicted octanol–water partition coefficient (Wildman–Crippen LogP) is 3.37. The summed E-state index contributed by atoms with van der Waals surface area (Å²) in [5.41, 5.74) is 9.92. The lowest BCUT2D eigenvalue weighted by atomic mass is 9.73. The van der Waals surface area contributed by atoms with Crippen LogP contribution in [0.5, 0.6) is 5.75 Å². The van der Waals surface area contributed by atoms with Crippen LogP contribution in [0.3, 0.4) is 0 Å². The SMILES string of the molecule is COc1ccc(-c2cccc(C3(CN)CCOCC3)c2)cc1. The van der Waals surface area contributed by atoms with Crippen molar-refractivity contribution in [2.24, 2.45) is 5.73 Å². The van der Waals surface area contributed by atoms with Crippen molar-refractivity contribution in [1.29, 1.82) is 0 Å². The molecular formula is C19H23NO2. The van der Waals surface area contributed by atoms with E-state index in [2.05, 4.69) is 36.4 Å². The summed E-state index contributed by atoms with van der Waals surface area (Å²) in [6, 6.07) is 16.9. The normalized spacial score (nSPS) is 17.2. The van der Waals surface area contributed by atoms with E-state index in [9.17, 15) is 0 Å². The first-order chi connectivity index (χ1) is 10.8. The van der Waals surface area contributed by atoms with Crippen molar-refractivity contribution < 1.29 is 9.47 Å². The van der Waals surface area contributed by atoms with Crippen LogP contribution in [0, 0.1) is 0 Å². The quantitative estimate of drug-likeness (QED) is 0.941. The third-order valence-electron chi connectivity index (χ3n) is 4.74. The van der Waals surface area contributed by atoms with Gasteiger partial charge in [0.05, 0.1) is 7.11 Å². The van der Waals surface area contributed by atoms with E-state index in [1.54, 1.807) is 7.11 Å². The minimum Gasteiger partial charge on any atom is -0.497 e. The molecule has 0 amide bonds. The number of hydrogen-bond donors (Lipinski definition) is 1. The number of benzene rings is 2. The molecule has 1 aliphatic rings. The van der Waals surface area contributed by atoms with Gasteiger partial charge in [-0.05, 0) is 41.7 Å². The lowest BCUT2D eigenvalue weighted by Crippen LogP contribution is -2.40. The van der Waals surface area contributed by atoms with Gasteiger partial charge in [-0.1, -0.05) is 36.4 Å². The van der Waals surface area contributed by atoms with Gasteiger partial charge in [0.2, 0.25) is 0 Å². The van der Waals surface area contributed by atoms with Gasteiger partial charge < -0.3 is 15.2 Å². The van der Waals surface area contributed by atoms with Crippen LogP contribution in [0.25, 0.3) is 11.1 Å². The molecule has 0 spiro atoms. The first-order valence-electron chi connectivity index (χ1n) is 7.80. The van der Waals surface area contributed by atoms with Crippen LogP contribution in [-0.4, -0.2) is 26.9 Å². The molecule has 2 aromatic carbocycles. The summed E-state index contributed by atoms with van der Waals surface area (Å²) < 4.78 is 10.7. The second-order valence-electron chi connectivity index (χ2n) is 5.91. The molecule has 0 aliphatic carbocycles. The van der Waals surface area contributed by atoms with E-state index in [1.807, 2.05) is 12.1 Å². The van der Waals surface area contributed by atoms with E-state index >= 15 is 0 Å². The van der Waals surface area contributed by atoms with Gasteiger partial charge in [-0.2, -0.15) is 0 Å². The maximum atomic E-state index is 6.12. The van der Waals surface area contributed by atoms with Crippen molar-refractivity contribution >= 4 is 0 Å². The molecule has 1 aliphatic heterocycles. The molecule has 3 rings (SSSR count). The minimum absolute atomic E-state index is 0.0563. The Labute approximate surface area is 132 Å². The molecule has 3 heteroatoms. The zero-order valence-corrected chi connectivity index (χ0v) is 13.0. The smallest absolute Gasteiger partial charge is 0.118 e. The molecule has 0 radical (unpaired) electrons. The first-order valence-corrected chi connectivity index (χ1v) is 7.80. The Kier molecular flexibility index (Phi) is 4.46. The average Bonchev–Trinajstić information content (AvgIpc) is 2.62. The average molecular weight is 297 g/mol. The molecule has 0 saturated carbocycles. The minimum atomic E-state index is 0.0563. The van der Waals surface area contributed by atoms with E-state index in [1.165, 1.54) is 16.7 Å². The van der Waals surface area contributed by atoms with E-state index in [0.29, 0.717) is 6.54 Å². The van der Waals surface area contributed by atoms with Crippen molar-refractivity contribution in [2.75, 3.05) is 26.9 Å². The molecule has 3 nitrogen and oxygen atoms in total. The van der Waals surface area contributed by atoms with Crippen LogP contribution in [0.1, 0.15) is 18.4 Å². The number of hydrogen-bond acceptors (Lipinski definition) is 3. The summed E-state index contributed by atoms with van der Waals surface area (Å²) in [4.78, 5) is 0. The van der Waals surface area contributed by atoms with Gasteiger partial charge in [-0.3, -0.25) is 0 Å². The van der Waals surface area contributed by atoms with Crippen LogP contribution in [0.4, 0.5) is 0 Å². The van der Waals surface area contributed by atoms with Crippen molar-refractivity contribution in [3.63, 3.8) is 0 Å². The zero-order valence-electron chi connectivity index (χ0n) is 13.0. The molecule has 116 valence electrons. The fourth-order valence-electron chi connectivity index (χ4n) is 3.18. The Balaban J connectivity index is 1.94. The molecule has 2 N–H and O–H groups in total. The highest BCUT2D eigenvalue weighted by atomic mass is 16.5. The number of ether oxygens (including phenoxy) is 2. The highest BCUT2D eigenvalue weighted by molar-refractivity contribution is 5.65. The molecule has 0 atom stereocenters. The molecule has 1 heterocycles. The summed E-state index contributed by atoms with van der Waals surface area (Å²) in [7, 11) is 1.69. The van der Waals surface area contributed by atoms with Crippen LogP contribution in [0.15, 0.2) is 48.5 Å². The molecular weight excluding hydrogens is 274 g/mol. The standard InChI is InChI=1S/C19H23NO2/c1-21-18-7-5-15(6-8-18)16-3-2-4-17(13-16)19(14-20)9-11-22-12-10-19/h2-8,13H,9-12,14,20H2,1H3. The van der Waals surface area contributed by atoms with Gasteiger partial charge in [0.25, 0.3) is 0 Å². The summed E-state index contributed by atoms with van der Waals surface area (Å²) in [5.74, 6) is 0.878. The van der Waals surface area contributed by atoms with Gasteiger partial charge in [0.1, 0.15) is 5.75 Å². The van der Waals surface area contributed by atoms with Crippen LogP contribution in [0.2, 0.25) is 0 Å². The number of nitrogens with two attached hydrogens (primary N) is 1. The van der Waals surface area contributed by atoms with Crippen LogP contribution < -0.4 is 10.5 Å².